The first-order valence-corrected chi connectivity index (χ1v) is 24.7. The molecule has 2 nitrogen and oxygen atoms in total. The number of thiophene rings is 1. The number of rotatable bonds is 1. The molecule has 13 rings (SSSR count). The molecule has 5 aromatic carbocycles. The lowest BCUT2D eigenvalue weighted by atomic mass is 9.36. The molecule has 2 atom stereocenters. The van der Waals surface area contributed by atoms with Crippen molar-refractivity contribution in [2.24, 2.45) is 0 Å². The SMILES string of the molecule is CC(C)(C)c1cc2c3c(c1)N1c4c(cccc4C4(C)CCCCC14C)B3c1sc3cc4c(cc3c1N2c1ccc2c(c1)C1(CCCC1)c1ccccc1-2)C(C)(C)CCC4(C)C. The Balaban J connectivity index is 1.16. The van der Waals surface area contributed by atoms with Crippen LogP contribution in [0.3, 0.4) is 0 Å². The summed E-state index contributed by atoms with van der Waals surface area (Å²) in [6.45, 7) is 22.7. The first kappa shape index (κ1) is 37.3. The lowest BCUT2D eigenvalue weighted by molar-refractivity contribution is 0.195. The van der Waals surface area contributed by atoms with E-state index in [9.17, 15) is 0 Å². The number of hydrogen-bond acceptors (Lipinski definition) is 3. The molecule has 2 saturated carbocycles. The summed E-state index contributed by atoms with van der Waals surface area (Å²) in [6, 6.07) is 35.2. The number of benzene rings is 5. The summed E-state index contributed by atoms with van der Waals surface area (Å²) in [6.07, 6.45) is 12.6. The maximum absolute atomic E-state index is 2.93. The Morgan fingerprint density at radius 2 is 1.26 bits per heavy atom. The predicted molar refractivity (Wildman–Crippen MR) is 263 cm³/mol. The van der Waals surface area contributed by atoms with Crippen molar-refractivity contribution in [3.8, 4) is 11.1 Å². The van der Waals surface area contributed by atoms with Crippen LogP contribution in [-0.2, 0) is 27.1 Å². The Labute approximate surface area is 368 Å². The van der Waals surface area contributed by atoms with E-state index in [4.69, 9.17) is 0 Å². The van der Waals surface area contributed by atoms with Crippen molar-refractivity contribution >= 4 is 72.3 Å². The molecule has 0 saturated heterocycles. The highest BCUT2D eigenvalue weighted by Crippen LogP contribution is 2.63. The summed E-state index contributed by atoms with van der Waals surface area (Å²) in [5, 5.41) is 1.44. The van der Waals surface area contributed by atoms with Gasteiger partial charge in [0.1, 0.15) is 0 Å². The molecule has 0 bridgehead atoms. The van der Waals surface area contributed by atoms with Gasteiger partial charge in [0.25, 0.3) is 6.71 Å². The fourth-order valence-corrected chi connectivity index (χ4v) is 16.0. The Hall–Kier alpha value is -4.28. The molecule has 2 fully saturated rings. The molecular formula is C57H61BN2S. The fraction of sp³-hybridized carbons (Fsp3) is 0.439. The van der Waals surface area contributed by atoms with Gasteiger partial charge in [-0.2, -0.15) is 0 Å². The molecule has 7 aliphatic rings. The Morgan fingerprint density at radius 1 is 0.590 bits per heavy atom. The van der Waals surface area contributed by atoms with Crippen molar-refractivity contribution < 1.29 is 0 Å². The van der Waals surface area contributed by atoms with Crippen LogP contribution in [0.1, 0.15) is 160 Å². The molecule has 4 aliphatic carbocycles. The van der Waals surface area contributed by atoms with E-state index in [0.717, 1.165) is 0 Å². The van der Waals surface area contributed by atoms with Crippen molar-refractivity contribution in [3.05, 3.63) is 118 Å². The third-order valence-electron chi connectivity index (χ3n) is 18.4. The maximum atomic E-state index is 2.93. The van der Waals surface area contributed by atoms with E-state index in [-0.39, 0.29) is 39.3 Å². The molecule has 6 aromatic rings. The van der Waals surface area contributed by atoms with Gasteiger partial charge in [-0.3, -0.25) is 0 Å². The molecule has 0 N–H and O–H groups in total. The minimum absolute atomic E-state index is 0.00856. The molecule has 1 aromatic heterocycles. The zero-order chi connectivity index (χ0) is 41.8. The van der Waals surface area contributed by atoms with Gasteiger partial charge in [-0.15, -0.1) is 11.3 Å². The second-order valence-corrected chi connectivity index (χ2v) is 24.5. The topological polar surface area (TPSA) is 6.48 Å². The van der Waals surface area contributed by atoms with E-state index in [1.807, 2.05) is 0 Å². The highest BCUT2D eigenvalue weighted by molar-refractivity contribution is 7.33. The van der Waals surface area contributed by atoms with Crippen molar-refractivity contribution in [2.75, 3.05) is 9.80 Å². The molecule has 1 spiro atoms. The Morgan fingerprint density at radius 3 is 2.03 bits per heavy atom. The summed E-state index contributed by atoms with van der Waals surface area (Å²) in [5.74, 6) is 0. The van der Waals surface area contributed by atoms with Gasteiger partial charge < -0.3 is 9.80 Å². The van der Waals surface area contributed by atoms with Crippen LogP contribution in [0.15, 0.2) is 84.9 Å². The summed E-state index contributed by atoms with van der Waals surface area (Å²) in [4.78, 5) is 5.74. The largest absolute Gasteiger partial charge is 0.335 e. The molecule has 3 aliphatic heterocycles. The summed E-state index contributed by atoms with van der Waals surface area (Å²) in [5.41, 5.74) is 22.9. The lowest BCUT2D eigenvalue weighted by Crippen LogP contribution is -2.64. The van der Waals surface area contributed by atoms with Crippen LogP contribution in [0.2, 0.25) is 0 Å². The van der Waals surface area contributed by atoms with Crippen molar-refractivity contribution in [3.63, 3.8) is 0 Å². The zero-order valence-corrected chi connectivity index (χ0v) is 38.9. The van der Waals surface area contributed by atoms with Crippen LogP contribution in [0.5, 0.6) is 0 Å². The van der Waals surface area contributed by atoms with E-state index in [1.165, 1.54) is 135 Å². The van der Waals surface area contributed by atoms with E-state index in [0.29, 0.717) is 0 Å². The number of hydrogen-bond donors (Lipinski definition) is 0. The Kier molecular flexibility index (Phi) is 7.12. The summed E-state index contributed by atoms with van der Waals surface area (Å²) >= 11 is 2.11. The number of para-hydroxylation sites is 1. The van der Waals surface area contributed by atoms with E-state index < -0.39 is 0 Å². The van der Waals surface area contributed by atoms with Crippen LogP contribution >= 0.6 is 11.3 Å². The van der Waals surface area contributed by atoms with E-state index in [1.54, 1.807) is 27.8 Å². The molecule has 2 unspecified atom stereocenters. The quantitative estimate of drug-likeness (QED) is 0.152. The normalized spacial score (nSPS) is 25.2. The van der Waals surface area contributed by atoms with Crippen molar-refractivity contribution in [1.29, 1.82) is 0 Å². The van der Waals surface area contributed by atoms with E-state index in [2.05, 4.69) is 168 Å². The lowest BCUT2D eigenvalue weighted by Gasteiger charge is -2.53. The monoisotopic (exact) mass is 816 g/mol. The first-order valence-electron chi connectivity index (χ1n) is 23.9. The third-order valence-corrected chi connectivity index (χ3v) is 19.6. The van der Waals surface area contributed by atoms with Gasteiger partial charge in [0.15, 0.2) is 0 Å². The van der Waals surface area contributed by atoms with E-state index >= 15 is 0 Å². The zero-order valence-electron chi connectivity index (χ0n) is 38.0. The third kappa shape index (κ3) is 4.47. The van der Waals surface area contributed by atoms with Gasteiger partial charge >= 0.3 is 0 Å². The first-order chi connectivity index (χ1) is 29.1. The van der Waals surface area contributed by atoms with Gasteiger partial charge in [0.2, 0.25) is 0 Å². The van der Waals surface area contributed by atoms with Gasteiger partial charge in [0, 0.05) is 48.4 Å². The number of nitrogens with zero attached hydrogens (tertiary/aromatic N) is 2. The molecular weight excluding hydrogens is 756 g/mol. The van der Waals surface area contributed by atoms with Gasteiger partial charge in [0.05, 0.1) is 11.2 Å². The van der Waals surface area contributed by atoms with Crippen molar-refractivity contribution in [1.82, 2.24) is 0 Å². The molecule has 4 heteroatoms. The minimum atomic E-state index is -0.0257. The second-order valence-electron chi connectivity index (χ2n) is 23.4. The highest BCUT2D eigenvalue weighted by atomic mass is 32.1. The van der Waals surface area contributed by atoms with Crippen LogP contribution in [0.4, 0.5) is 28.4 Å². The molecule has 0 amide bonds. The smallest absolute Gasteiger partial charge is 0.264 e. The van der Waals surface area contributed by atoms with Crippen molar-refractivity contribution in [2.45, 2.75) is 159 Å². The van der Waals surface area contributed by atoms with Crippen LogP contribution in [0, 0.1) is 0 Å². The Bertz CT molecular complexity index is 2930. The van der Waals surface area contributed by atoms with Crippen LogP contribution < -0.4 is 25.5 Å². The minimum Gasteiger partial charge on any atom is -0.335 e. The van der Waals surface area contributed by atoms with Crippen LogP contribution in [0.25, 0.3) is 21.2 Å². The fourth-order valence-electron chi connectivity index (χ4n) is 14.6. The van der Waals surface area contributed by atoms with Gasteiger partial charge in [-0.05, 0) is 154 Å². The molecule has 0 radical (unpaired) electrons. The molecule has 61 heavy (non-hydrogen) atoms. The molecule has 308 valence electrons. The van der Waals surface area contributed by atoms with Gasteiger partial charge in [-0.25, -0.2) is 0 Å². The standard InChI is InChI=1S/C57H61BN2S/c1-52(2,3)34-29-45-48-46(30-34)60-50-40(55(8)23-12-13-24-56(55,60)9)19-16-20-44(50)58(48)51-49(38-32-42-43(33-47(38)61-51)54(6,7)28-27-53(42,4)5)59(45)35-21-22-37-36-17-10-11-18-39(36)57(41(37)31-35)25-14-15-26-57/h10-11,16-22,29-33H,12-15,23-28H2,1-9H3. The summed E-state index contributed by atoms with van der Waals surface area (Å²) in [7, 11) is 0. The number of anilines is 5. The molecule has 4 heterocycles. The van der Waals surface area contributed by atoms with Gasteiger partial charge in [-0.1, -0.05) is 130 Å². The second kappa shape index (κ2) is 11.6. The number of fused-ring (bicyclic) bond motifs is 15. The summed E-state index contributed by atoms with van der Waals surface area (Å²) < 4.78 is 2.98. The van der Waals surface area contributed by atoms with Crippen LogP contribution in [-0.4, -0.2) is 12.3 Å². The highest BCUT2D eigenvalue weighted by Gasteiger charge is 2.62. The maximum Gasteiger partial charge on any atom is 0.264 e. The average Bonchev–Trinajstić information content (AvgIpc) is 3.99. The average molecular weight is 817 g/mol. The predicted octanol–water partition coefficient (Wildman–Crippen LogP) is 13.7.